The minimum atomic E-state index is -0.471. The van der Waals surface area contributed by atoms with Gasteiger partial charge in [-0.1, -0.05) is 30.3 Å². The van der Waals surface area contributed by atoms with Crippen LogP contribution in [0.3, 0.4) is 0 Å². The van der Waals surface area contributed by atoms with Crippen molar-refractivity contribution >= 4 is 11.9 Å². The van der Waals surface area contributed by atoms with Crippen molar-refractivity contribution in [3.05, 3.63) is 35.9 Å². The molecule has 96 valence electrons. The summed E-state index contributed by atoms with van der Waals surface area (Å²) in [5.74, 6) is -0.472. The van der Waals surface area contributed by atoms with Crippen molar-refractivity contribution in [3.63, 3.8) is 0 Å². The number of morpholine rings is 1. The van der Waals surface area contributed by atoms with Crippen molar-refractivity contribution in [2.45, 2.75) is 25.6 Å². The molecule has 5 heteroatoms. The van der Waals surface area contributed by atoms with Gasteiger partial charge in [-0.25, -0.2) is 0 Å². The first-order valence-corrected chi connectivity index (χ1v) is 5.91. The van der Waals surface area contributed by atoms with Crippen molar-refractivity contribution in [2.75, 3.05) is 6.61 Å². The summed E-state index contributed by atoms with van der Waals surface area (Å²) in [7, 11) is 0. The Bertz CT molecular complexity index is 433. The summed E-state index contributed by atoms with van der Waals surface area (Å²) >= 11 is 0. The number of amides is 1. The van der Waals surface area contributed by atoms with Gasteiger partial charge in [0.1, 0.15) is 18.7 Å². The molecule has 0 aromatic heterocycles. The molecule has 1 amide bonds. The molecule has 0 spiro atoms. The van der Waals surface area contributed by atoms with Gasteiger partial charge in [0.05, 0.1) is 0 Å². The molecule has 0 radical (unpaired) electrons. The maximum atomic E-state index is 11.9. The highest BCUT2D eigenvalue weighted by atomic mass is 16.5. The smallest absolute Gasteiger partial charge is 0.322 e. The van der Waals surface area contributed by atoms with Crippen LogP contribution in [0.1, 0.15) is 12.5 Å². The topological polar surface area (TPSA) is 67.4 Å². The van der Waals surface area contributed by atoms with Crippen molar-refractivity contribution in [3.8, 4) is 0 Å². The van der Waals surface area contributed by atoms with Gasteiger partial charge in [0.15, 0.2) is 0 Å². The molecule has 18 heavy (non-hydrogen) atoms. The van der Waals surface area contributed by atoms with E-state index in [1.807, 2.05) is 30.3 Å². The zero-order chi connectivity index (χ0) is 13.0. The van der Waals surface area contributed by atoms with Crippen LogP contribution in [0.25, 0.3) is 0 Å². The fraction of sp³-hybridized carbons (Fsp3) is 0.385. The summed E-state index contributed by atoms with van der Waals surface area (Å²) in [4.78, 5) is 23.0. The zero-order valence-electron chi connectivity index (χ0n) is 10.2. The molecule has 1 saturated heterocycles. The van der Waals surface area contributed by atoms with E-state index in [-0.39, 0.29) is 18.5 Å². The average molecular weight is 248 g/mol. The summed E-state index contributed by atoms with van der Waals surface area (Å²) in [5.41, 5.74) is 1.03. The highest BCUT2D eigenvalue weighted by Crippen LogP contribution is 2.02. The molecule has 1 heterocycles. The highest BCUT2D eigenvalue weighted by Gasteiger charge is 2.30. The third kappa shape index (κ3) is 3.07. The monoisotopic (exact) mass is 248 g/mol. The Kier molecular flexibility index (Phi) is 3.94. The Balaban J connectivity index is 1.83. The van der Waals surface area contributed by atoms with Crippen LogP contribution in [0.5, 0.6) is 0 Å². The number of esters is 1. The second kappa shape index (κ2) is 5.64. The van der Waals surface area contributed by atoms with Crippen LogP contribution >= 0.6 is 0 Å². The van der Waals surface area contributed by atoms with Gasteiger partial charge < -0.3 is 10.1 Å². The van der Waals surface area contributed by atoms with Crippen LogP contribution in [-0.2, 0) is 20.9 Å². The lowest BCUT2D eigenvalue weighted by Crippen LogP contribution is -2.56. The van der Waals surface area contributed by atoms with Gasteiger partial charge in [0.2, 0.25) is 5.91 Å². The van der Waals surface area contributed by atoms with Crippen LogP contribution in [0.2, 0.25) is 0 Å². The van der Waals surface area contributed by atoms with E-state index in [9.17, 15) is 9.59 Å². The molecule has 0 aliphatic carbocycles. The predicted octanol–water partition coefficient (Wildman–Crippen LogP) is 0.206. The van der Waals surface area contributed by atoms with Crippen LogP contribution in [-0.4, -0.2) is 30.6 Å². The molecule has 2 rings (SSSR count). The number of carbonyl (C=O) groups is 2. The Hall–Kier alpha value is -1.88. The molecule has 1 aliphatic rings. The lowest BCUT2D eigenvalue weighted by Gasteiger charge is -2.26. The van der Waals surface area contributed by atoms with E-state index in [2.05, 4.69) is 10.6 Å². The molecule has 2 N–H and O–H groups in total. The number of ether oxygens (including phenoxy) is 1. The third-order valence-corrected chi connectivity index (χ3v) is 2.82. The fourth-order valence-electron chi connectivity index (χ4n) is 1.77. The highest BCUT2D eigenvalue weighted by molar-refractivity contribution is 5.85. The minimum absolute atomic E-state index is 0.0871. The molecule has 1 unspecified atom stereocenters. The van der Waals surface area contributed by atoms with Gasteiger partial charge in [-0.3, -0.25) is 14.9 Å². The number of hydrogen-bond donors (Lipinski definition) is 2. The Morgan fingerprint density at radius 1 is 1.44 bits per heavy atom. The van der Waals surface area contributed by atoms with Crippen LogP contribution in [0.15, 0.2) is 30.3 Å². The zero-order valence-corrected chi connectivity index (χ0v) is 10.2. The van der Waals surface area contributed by atoms with Gasteiger partial charge >= 0.3 is 5.97 Å². The maximum Gasteiger partial charge on any atom is 0.322 e. The minimum Gasteiger partial charge on any atom is -0.462 e. The number of benzene rings is 1. The van der Waals surface area contributed by atoms with Gasteiger partial charge in [0.25, 0.3) is 0 Å². The van der Waals surface area contributed by atoms with E-state index in [0.29, 0.717) is 6.54 Å². The summed E-state index contributed by atoms with van der Waals surface area (Å²) in [6.45, 7) is 2.24. The van der Waals surface area contributed by atoms with Gasteiger partial charge in [0, 0.05) is 6.54 Å². The Labute approximate surface area is 106 Å². The average Bonchev–Trinajstić information content (AvgIpc) is 2.40. The molecule has 2 atom stereocenters. The predicted molar refractivity (Wildman–Crippen MR) is 65.6 cm³/mol. The second-order valence-electron chi connectivity index (χ2n) is 4.27. The number of carbonyl (C=O) groups excluding carboxylic acids is 2. The molecular weight excluding hydrogens is 232 g/mol. The Morgan fingerprint density at radius 2 is 2.17 bits per heavy atom. The Morgan fingerprint density at radius 3 is 2.83 bits per heavy atom. The largest absolute Gasteiger partial charge is 0.462 e. The van der Waals surface area contributed by atoms with Crippen LogP contribution in [0.4, 0.5) is 0 Å². The molecule has 0 bridgehead atoms. The normalized spacial score (nSPS) is 23.3. The molecule has 5 nitrogen and oxygen atoms in total. The number of cyclic esters (lactones) is 1. The van der Waals surface area contributed by atoms with E-state index in [1.54, 1.807) is 6.92 Å². The first-order chi connectivity index (χ1) is 8.66. The fourth-order valence-corrected chi connectivity index (χ4v) is 1.77. The van der Waals surface area contributed by atoms with Crippen LogP contribution < -0.4 is 10.6 Å². The van der Waals surface area contributed by atoms with Crippen molar-refractivity contribution in [1.29, 1.82) is 0 Å². The summed E-state index contributed by atoms with van der Waals surface area (Å²) < 4.78 is 4.91. The van der Waals surface area contributed by atoms with Gasteiger partial charge in [-0.2, -0.15) is 0 Å². The molecule has 0 saturated carbocycles. The van der Waals surface area contributed by atoms with E-state index in [0.717, 1.165) is 5.56 Å². The second-order valence-corrected chi connectivity index (χ2v) is 4.27. The first kappa shape index (κ1) is 12.6. The van der Waals surface area contributed by atoms with Crippen molar-refractivity contribution in [2.24, 2.45) is 0 Å². The molecule has 1 aliphatic heterocycles. The van der Waals surface area contributed by atoms with E-state index >= 15 is 0 Å². The number of rotatable bonds is 3. The lowest BCUT2D eigenvalue weighted by atomic mass is 10.2. The third-order valence-electron chi connectivity index (χ3n) is 2.82. The van der Waals surface area contributed by atoms with Crippen molar-refractivity contribution < 1.29 is 14.3 Å². The van der Waals surface area contributed by atoms with Gasteiger partial charge in [-0.15, -0.1) is 0 Å². The SMILES string of the molecule is C[C@@H]1NC(C(=O)NCc2ccccc2)COC1=O. The number of nitrogens with one attached hydrogen (secondary N) is 2. The van der Waals surface area contributed by atoms with Gasteiger partial charge in [-0.05, 0) is 12.5 Å². The van der Waals surface area contributed by atoms with Crippen molar-refractivity contribution in [1.82, 2.24) is 10.6 Å². The van der Waals surface area contributed by atoms with E-state index in [1.165, 1.54) is 0 Å². The first-order valence-electron chi connectivity index (χ1n) is 5.91. The summed E-state index contributed by atoms with van der Waals surface area (Å²) in [6.07, 6.45) is 0. The quantitative estimate of drug-likeness (QED) is 0.750. The van der Waals surface area contributed by atoms with E-state index in [4.69, 9.17) is 4.74 Å². The lowest BCUT2D eigenvalue weighted by molar-refractivity contribution is -0.152. The number of hydrogen-bond acceptors (Lipinski definition) is 4. The molecule has 1 fully saturated rings. The molecule has 1 aromatic carbocycles. The summed E-state index contributed by atoms with van der Waals surface area (Å²) in [5, 5.41) is 5.73. The van der Waals surface area contributed by atoms with E-state index < -0.39 is 12.1 Å². The molecule has 1 aromatic rings. The summed E-state index contributed by atoms with van der Waals surface area (Å²) in [6, 6.07) is 8.74. The standard InChI is InChI=1S/C13H16N2O3/c1-9-13(17)18-8-11(15-9)12(16)14-7-10-5-3-2-4-6-10/h2-6,9,11,15H,7-8H2,1H3,(H,14,16)/t9-,11?/m0/s1. The molecular formula is C13H16N2O3. The van der Waals surface area contributed by atoms with Crippen LogP contribution in [0, 0.1) is 0 Å². The maximum absolute atomic E-state index is 11.9.